The molecule has 0 aliphatic rings. The van der Waals surface area contributed by atoms with Gasteiger partial charge in [0, 0.05) is 15.4 Å². The quantitative estimate of drug-likeness (QED) is 0.529. The van der Waals surface area contributed by atoms with E-state index < -0.39 is 29.7 Å². The number of nitrogens with one attached hydrogen (secondary N) is 2. The number of anilines is 1. The third-order valence-corrected chi connectivity index (χ3v) is 5.30. The summed E-state index contributed by atoms with van der Waals surface area (Å²) in [5.74, 6) is -1.91. The van der Waals surface area contributed by atoms with Gasteiger partial charge in [-0.15, -0.1) is 11.3 Å². The van der Waals surface area contributed by atoms with E-state index in [0.29, 0.717) is 4.88 Å². The average molecular weight is 434 g/mol. The Labute approximate surface area is 174 Å². The van der Waals surface area contributed by atoms with Gasteiger partial charge in [0.15, 0.2) is 0 Å². The lowest BCUT2D eigenvalue weighted by Gasteiger charge is -2.09. The minimum absolute atomic E-state index is 0.0748. The molecule has 3 aromatic rings. The van der Waals surface area contributed by atoms with Crippen molar-refractivity contribution in [3.63, 3.8) is 0 Å². The van der Waals surface area contributed by atoms with E-state index >= 15 is 0 Å². The molecule has 3 N–H and O–H groups in total. The number of aliphatic hydroxyl groups is 1. The summed E-state index contributed by atoms with van der Waals surface area (Å²) in [4.78, 5) is 25.3. The van der Waals surface area contributed by atoms with E-state index in [-0.39, 0.29) is 12.2 Å². The molecule has 3 rings (SSSR count). The molecule has 0 fully saturated rings. The first kappa shape index (κ1) is 21.5. The molecule has 1 aromatic heterocycles. The van der Waals surface area contributed by atoms with E-state index in [0.717, 1.165) is 34.7 Å². The first-order chi connectivity index (χ1) is 14.2. The highest BCUT2D eigenvalue weighted by molar-refractivity contribution is 7.12. The lowest BCUT2D eigenvalue weighted by molar-refractivity contribution is -0.137. The highest BCUT2D eigenvalue weighted by Crippen LogP contribution is 2.30. The van der Waals surface area contributed by atoms with Gasteiger partial charge in [-0.1, -0.05) is 30.3 Å². The van der Waals surface area contributed by atoms with Crippen LogP contribution in [-0.4, -0.2) is 16.9 Å². The maximum atomic E-state index is 12.6. The van der Waals surface area contributed by atoms with E-state index in [4.69, 9.17) is 0 Å². The zero-order valence-corrected chi connectivity index (χ0v) is 16.3. The van der Waals surface area contributed by atoms with Gasteiger partial charge in [0.1, 0.15) is 6.10 Å². The molecule has 1 unspecified atom stereocenters. The standard InChI is InChI=1S/C21H17F3N2O3S/c22-21(23,24)14-6-8-15(9-7-14)26-20(29)19(28)25-12-16-10-11-17(30-16)18(27)13-4-2-1-3-5-13/h1-11,18,27H,12H2,(H,25,28)(H,26,29). The number of carbonyl (C=O) groups excluding carboxylic acids is 2. The second-order valence-corrected chi connectivity index (χ2v) is 7.53. The average Bonchev–Trinajstić information content (AvgIpc) is 3.21. The minimum atomic E-state index is -4.48. The van der Waals surface area contributed by atoms with Gasteiger partial charge in [-0.25, -0.2) is 0 Å². The van der Waals surface area contributed by atoms with E-state index in [1.165, 1.54) is 11.3 Å². The molecule has 0 bridgehead atoms. The largest absolute Gasteiger partial charge is 0.416 e. The minimum Gasteiger partial charge on any atom is -0.383 e. The van der Waals surface area contributed by atoms with Crippen LogP contribution in [0.4, 0.5) is 18.9 Å². The molecule has 5 nitrogen and oxygen atoms in total. The Balaban J connectivity index is 1.53. The summed E-state index contributed by atoms with van der Waals surface area (Å²) < 4.78 is 37.7. The number of halogens is 3. The molecule has 2 amide bonds. The van der Waals surface area contributed by atoms with Gasteiger partial charge in [-0.2, -0.15) is 13.2 Å². The van der Waals surface area contributed by atoms with Crippen LogP contribution in [0, 0.1) is 0 Å². The smallest absolute Gasteiger partial charge is 0.383 e. The van der Waals surface area contributed by atoms with Crippen LogP contribution >= 0.6 is 11.3 Å². The van der Waals surface area contributed by atoms with Crippen LogP contribution < -0.4 is 10.6 Å². The highest BCUT2D eigenvalue weighted by atomic mass is 32.1. The normalized spacial score (nSPS) is 12.3. The van der Waals surface area contributed by atoms with E-state index in [9.17, 15) is 27.9 Å². The van der Waals surface area contributed by atoms with E-state index in [2.05, 4.69) is 10.6 Å². The molecular weight excluding hydrogens is 417 g/mol. The fourth-order valence-electron chi connectivity index (χ4n) is 2.61. The number of carbonyl (C=O) groups is 2. The molecule has 0 saturated carbocycles. The van der Waals surface area contributed by atoms with E-state index in [1.54, 1.807) is 24.3 Å². The summed E-state index contributed by atoms with van der Waals surface area (Å²) >= 11 is 1.29. The maximum Gasteiger partial charge on any atom is 0.416 e. The molecule has 0 spiro atoms. The summed E-state index contributed by atoms with van der Waals surface area (Å²) in [5, 5.41) is 15.1. The Morgan fingerprint density at radius 2 is 1.60 bits per heavy atom. The van der Waals surface area contributed by atoms with Crippen molar-refractivity contribution in [3.05, 3.63) is 87.6 Å². The van der Waals surface area contributed by atoms with Crippen molar-refractivity contribution in [2.24, 2.45) is 0 Å². The van der Waals surface area contributed by atoms with Crippen LogP contribution in [0.3, 0.4) is 0 Å². The van der Waals surface area contributed by atoms with Gasteiger partial charge in [-0.3, -0.25) is 9.59 Å². The number of hydrogen-bond donors (Lipinski definition) is 3. The van der Waals surface area contributed by atoms with Gasteiger partial charge >= 0.3 is 18.0 Å². The van der Waals surface area contributed by atoms with Gasteiger partial charge in [0.25, 0.3) is 0 Å². The lowest BCUT2D eigenvalue weighted by atomic mass is 10.1. The number of thiophene rings is 1. The lowest BCUT2D eigenvalue weighted by Crippen LogP contribution is -2.34. The Kier molecular flexibility index (Phi) is 6.53. The SMILES string of the molecule is O=C(NCc1ccc(C(O)c2ccccc2)s1)C(=O)Nc1ccc(C(F)(F)F)cc1. The van der Waals surface area contributed by atoms with Crippen LogP contribution in [0.25, 0.3) is 0 Å². The van der Waals surface area contributed by atoms with Crippen molar-refractivity contribution in [1.29, 1.82) is 0 Å². The molecule has 30 heavy (non-hydrogen) atoms. The fourth-order valence-corrected chi connectivity index (χ4v) is 3.58. The molecule has 156 valence electrons. The predicted molar refractivity (Wildman–Crippen MR) is 107 cm³/mol. The second-order valence-electron chi connectivity index (χ2n) is 6.33. The van der Waals surface area contributed by atoms with Gasteiger partial charge < -0.3 is 15.7 Å². The second kappa shape index (κ2) is 9.10. The van der Waals surface area contributed by atoms with Crippen LogP contribution in [-0.2, 0) is 22.3 Å². The maximum absolute atomic E-state index is 12.6. The summed E-state index contributed by atoms with van der Waals surface area (Å²) in [6.07, 6.45) is -5.27. The molecule has 1 heterocycles. The van der Waals surface area contributed by atoms with Gasteiger partial charge in [-0.05, 0) is 42.0 Å². The van der Waals surface area contributed by atoms with Crippen molar-refractivity contribution in [2.75, 3.05) is 5.32 Å². The Bertz CT molecular complexity index is 1020. The number of benzene rings is 2. The zero-order valence-electron chi connectivity index (χ0n) is 15.4. The summed E-state index contributed by atoms with van der Waals surface area (Å²) in [6.45, 7) is 0.0748. The zero-order chi connectivity index (χ0) is 21.7. The van der Waals surface area contributed by atoms with Gasteiger partial charge in [0.2, 0.25) is 0 Å². The van der Waals surface area contributed by atoms with Crippen LogP contribution in [0.1, 0.15) is 27.0 Å². The highest BCUT2D eigenvalue weighted by Gasteiger charge is 2.30. The Morgan fingerprint density at radius 1 is 0.933 bits per heavy atom. The Morgan fingerprint density at radius 3 is 2.23 bits per heavy atom. The monoisotopic (exact) mass is 434 g/mol. The third kappa shape index (κ3) is 5.46. The molecule has 2 aromatic carbocycles. The summed E-state index contributed by atoms with van der Waals surface area (Å²) in [7, 11) is 0. The molecule has 0 radical (unpaired) electrons. The summed E-state index contributed by atoms with van der Waals surface area (Å²) in [5.41, 5.74) is -0.0328. The van der Waals surface area contributed by atoms with Crippen LogP contribution in [0.15, 0.2) is 66.7 Å². The van der Waals surface area contributed by atoms with Crippen molar-refractivity contribution < 1.29 is 27.9 Å². The number of rotatable bonds is 5. The van der Waals surface area contributed by atoms with Crippen molar-refractivity contribution in [3.8, 4) is 0 Å². The first-order valence-corrected chi connectivity index (χ1v) is 9.64. The predicted octanol–water partition coefficient (Wildman–Crippen LogP) is 4.10. The molecule has 0 aliphatic carbocycles. The molecule has 0 saturated heterocycles. The summed E-state index contributed by atoms with van der Waals surface area (Å²) in [6, 6.07) is 16.4. The van der Waals surface area contributed by atoms with Crippen molar-refractivity contribution in [2.45, 2.75) is 18.8 Å². The number of aliphatic hydroxyl groups excluding tert-OH is 1. The van der Waals surface area contributed by atoms with Crippen LogP contribution in [0.2, 0.25) is 0 Å². The number of alkyl halides is 3. The van der Waals surface area contributed by atoms with Crippen molar-refractivity contribution in [1.82, 2.24) is 5.32 Å². The number of amides is 2. The van der Waals surface area contributed by atoms with Gasteiger partial charge in [0.05, 0.1) is 12.1 Å². The topological polar surface area (TPSA) is 78.4 Å². The molecule has 1 atom stereocenters. The fraction of sp³-hybridized carbons (Fsp3) is 0.143. The Hall–Kier alpha value is -3.17. The van der Waals surface area contributed by atoms with Crippen LogP contribution in [0.5, 0.6) is 0 Å². The number of hydrogen-bond acceptors (Lipinski definition) is 4. The molecule has 0 aliphatic heterocycles. The van der Waals surface area contributed by atoms with Crippen molar-refractivity contribution >= 4 is 28.8 Å². The molecular formula is C21H17F3N2O3S. The molecule has 9 heteroatoms. The first-order valence-electron chi connectivity index (χ1n) is 8.82. The van der Waals surface area contributed by atoms with E-state index in [1.807, 2.05) is 18.2 Å². The third-order valence-electron chi connectivity index (χ3n) is 4.17.